The van der Waals surface area contributed by atoms with Gasteiger partial charge in [-0.05, 0) is 26.0 Å². The van der Waals surface area contributed by atoms with Gasteiger partial charge in [-0.25, -0.2) is 14.3 Å². The lowest BCUT2D eigenvalue weighted by atomic mass is 10.1. The Morgan fingerprint density at radius 1 is 1.03 bits per heavy atom. The lowest BCUT2D eigenvalue weighted by Gasteiger charge is -2.13. The first-order chi connectivity index (χ1) is 14.5. The summed E-state index contributed by atoms with van der Waals surface area (Å²) in [5.41, 5.74) is 2.15. The summed E-state index contributed by atoms with van der Waals surface area (Å²) in [6.07, 6.45) is 0.401. The number of benzene rings is 2. The van der Waals surface area contributed by atoms with Gasteiger partial charge in [0.2, 0.25) is 0 Å². The van der Waals surface area contributed by atoms with Crippen LogP contribution in [0.5, 0.6) is 0 Å². The number of carbonyl (C=O) groups excluding carboxylic acids is 3. The minimum absolute atomic E-state index is 0.211. The number of hydrogen-bond donors (Lipinski definition) is 2. The van der Waals surface area contributed by atoms with Gasteiger partial charge in [-0.2, -0.15) is 5.10 Å². The molecule has 8 nitrogen and oxygen atoms in total. The fourth-order valence-electron chi connectivity index (χ4n) is 2.74. The third kappa shape index (κ3) is 4.91. The van der Waals surface area contributed by atoms with Gasteiger partial charge in [-0.3, -0.25) is 10.1 Å². The second kappa shape index (κ2) is 9.51. The molecule has 0 radical (unpaired) electrons. The molecule has 30 heavy (non-hydrogen) atoms. The van der Waals surface area contributed by atoms with E-state index in [9.17, 15) is 14.4 Å². The predicted octanol–water partition coefficient (Wildman–Crippen LogP) is 2.93. The number of imide groups is 1. The quantitative estimate of drug-likeness (QED) is 0.613. The standard InChI is InChI=1S/C22H22N4O4/c1-3-23-22(29)24-20(27)15(2)30-21(28)18-14-26(17-12-8-5-9-13-17)25-19(18)16-10-6-4-7-11-16/h4-15H,3H2,1-2H3,(H2,23,24,27,29)/t15-/m1/s1. The SMILES string of the molecule is CCNC(=O)NC(=O)[C@@H](C)OC(=O)c1cn(-c2ccccc2)nc1-c1ccccc1. The molecule has 0 aliphatic carbocycles. The Kier molecular flexibility index (Phi) is 6.59. The van der Waals surface area contributed by atoms with Crippen LogP contribution >= 0.6 is 0 Å². The maximum Gasteiger partial charge on any atom is 0.342 e. The average Bonchev–Trinajstić information content (AvgIpc) is 3.21. The van der Waals surface area contributed by atoms with Crippen LogP contribution in [0.15, 0.2) is 66.9 Å². The predicted molar refractivity (Wildman–Crippen MR) is 111 cm³/mol. The molecule has 2 aromatic carbocycles. The molecule has 3 amide bonds. The van der Waals surface area contributed by atoms with Crippen LogP contribution < -0.4 is 10.6 Å². The van der Waals surface area contributed by atoms with E-state index in [4.69, 9.17) is 4.74 Å². The summed E-state index contributed by atoms with van der Waals surface area (Å²) in [7, 11) is 0. The highest BCUT2D eigenvalue weighted by Crippen LogP contribution is 2.24. The molecule has 1 heterocycles. The Labute approximate surface area is 173 Å². The van der Waals surface area contributed by atoms with E-state index in [-0.39, 0.29) is 5.56 Å². The minimum atomic E-state index is -1.16. The van der Waals surface area contributed by atoms with Crippen molar-refractivity contribution >= 4 is 17.9 Å². The molecule has 154 valence electrons. The van der Waals surface area contributed by atoms with Crippen LogP contribution in [0.3, 0.4) is 0 Å². The third-order valence-corrected chi connectivity index (χ3v) is 4.23. The van der Waals surface area contributed by atoms with Crippen LogP contribution in [-0.2, 0) is 9.53 Å². The molecule has 2 N–H and O–H groups in total. The number of hydrogen-bond acceptors (Lipinski definition) is 5. The lowest BCUT2D eigenvalue weighted by molar-refractivity contribution is -0.127. The minimum Gasteiger partial charge on any atom is -0.449 e. The van der Waals surface area contributed by atoms with Crippen molar-refractivity contribution in [2.45, 2.75) is 20.0 Å². The second-order valence-corrected chi connectivity index (χ2v) is 6.43. The Balaban J connectivity index is 1.86. The molecule has 3 aromatic rings. The highest BCUT2D eigenvalue weighted by atomic mass is 16.5. The molecule has 1 aromatic heterocycles. The van der Waals surface area contributed by atoms with E-state index >= 15 is 0 Å². The Hall–Kier alpha value is -3.94. The monoisotopic (exact) mass is 406 g/mol. The zero-order chi connectivity index (χ0) is 21.5. The molecule has 0 saturated carbocycles. The molecule has 0 saturated heterocycles. The van der Waals surface area contributed by atoms with E-state index in [0.29, 0.717) is 12.2 Å². The van der Waals surface area contributed by atoms with E-state index in [2.05, 4.69) is 15.7 Å². The molecule has 0 aliphatic rings. The normalized spacial score (nSPS) is 11.4. The number of urea groups is 1. The maximum absolute atomic E-state index is 12.9. The van der Waals surface area contributed by atoms with E-state index in [1.807, 2.05) is 60.7 Å². The van der Waals surface area contributed by atoms with Crippen molar-refractivity contribution in [2.75, 3.05) is 6.54 Å². The first-order valence-corrected chi connectivity index (χ1v) is 9.49. The zero-order valence-electron chi connectivity index (χ0n) is 16.7. The molecule has 8 heteroatoms. The molecule has 0 bridgehead atoms. The van der Waals surface area contributed by atoms with Crippen LogP contribution in [0, 0.1) is 0 Å². The van der Waals surface area contributed by atoms with Gasteiger partial charge in [0.15, 0.2) is 6.10 Å². The van der Waals surface area contributed by atoms with E-state index in [0.717, 1.165) is 11.3 Å². The Bertz CT molecular complexity index is 1030. The van der Waals surface area contributed by atoms with Crippen molar-refractivity contribution in [1.29, 1.82) is 0 Å². The van der Waals surface area contributed by atoms with Crippen molar-refractivity contribution in [2.24, 2.45) is 0 Å². The third-order valence-electron chi connectivity index (χ3n) is 4.23. The fraction of sp³-hybridized carbons (Fsp3) is 0.182. The highest BCUT2D eigenvalue weighted by molar-refractivity contribution is 6.00. The van der Waals surface area contributed by atoms with E-state index in [1.54, 1.807) is 17.8 Å². The molecule has 1 atom stereocenters. The summed E-state index contributed by atoms with van der Waals surface area (Å²) in [5.74, 6) is -1.43. The fourth-order valence-corrected chi connectivity index (χ4v) is 2.74. The number of aromatic nitrogens is 2. The number of nitrogens with one attached hydrogen (secondary N) is 2. The van der Waals surface area contributed by atoms with Crippen molar-refractivity contribution in [1.82, 2.24) is 20.4 Å². The summed E-state index contributed by atoms with van der Waals surface area (Å²) in [5, 5.41) is 9.12. The molecule has 0 spiro atoms. The number of ether oxygens (including phenoxy) is 1. The average molecular weight is 406 g/mol. The van der Waals surface area contributed by atoms with Gasteiger partial charge in [0.25, 0.3) is 5.91 Å². The number of nitrogens with zero attached hydrogens (tertiary/aromatic N) is 2. The summed E-state index contributed by atoms with van der Waals surface area (Å²) >= 11 is 0. The van der Waals surface area contributed by atoms with Crippen LogP contribution in [0.4, 0.5) is 4.79 Å². The summed E-state index contributed by atoms with van der Waals surface area (Å²) < 4.78 is 6.89. The van der Waals surface area contributed by atoms with Gasteiger partial charge in [0.05, 0.1) is 5.69 Å². The Morgan fingerprint density at radius 2 is 1.67 bits per heavy atom. The van der Waals surface area contributed by atoms with Crippen molar-refractivity contribution in [3.8, 4) is 16.9 Å². The number of rotatable bonds is 6. The molecular formula is C22H22N4O4. The molecular weight excluding hydrogens is 384 g/mol. The van der Waals surface area contributed by atoms with Gasteiger partial charge in [0, 0.05) is 18.3 Å². The highest BCUT2D eigenvalue weighted by Gasteiger charge is 2.25. The lowest BCUT2D eigenvalue weighted by Crippen LogP contribution is -2.44. The number of amides is 3. The molecule has 0 aliphatic heterocycles. The van der Waals surface area contributed by atoms with Gasteiger partial charge in [-0.1, -0.05) is 48.5 Å². The van der Waals surface area contributed by atoms with Crippen molar-refractivity contribution in [3.05, 3.63) is 72.4 Å². The van der Waals surface area contributed by atoms with E-state index in [1.165, 1.54) is 6.92 Å². The van der Waals surface area contributed by atoms with E-state index < -0.39 is 24.0 Å². The second-order valence-electron chi connectivity index (χ2n) is 6.43. The van der Waals surface area contributed by atoms with Crippen molar-refractivity contribution < 1.29 is 19.1 Å². The zero-order valence-corrected chi connectivity index (χ0v) is 16.7. The van der Waals surface area contributed by atoms with Gasteiger partial charge >= 0.3 is 12.0 Å². The number of esters is 1. The van der Waals surface area contributed by atoms with Crippen LogP contribution in [0.25, 0.3) is 16.9 Å². The number of carbonyl (C=O) groups is 3. The Morgan fingerprint density at radius 3 is 2.30 bits per heavy atom. The first kappa shape index (κ1) is 20.8. The van der Waals surface area contributed by atoms with Gasteiger partial charge in [-0.15, -0.1) is 0 Å². The van der Waals surface area contributed by atoms with Crippen LogP contribution in [0.2, 0.25) is 0 Å². The first-order valence-electron chi connectivity index (χ1n) is 9.49. The summed E-state index contributed by atoms with van der Waals surface area (Å²) in [6.45, 7) is 3.49. The summed E-state index contributed by atoms with van der Waals surface area (Å²) in [6, 6.07) is 17.9. The topological polar surface area (TPSA) is 102 Å². The number of para-hydroxylation sites is 1. The van der Waals surface area contributed by atoms with Crippen LogP contribution in [0.1, 0.15) is 24.2 Å². The smallest absolute Gasteiger partial charge is 0.342 e. The molecule has 0 unspecified atom stereocenters. The maximum atomic E-state index is 12.9. The molecule has 0 fully saturated rings. The van der Waals surface area contributed by atoms with Crippen molar-refractivity contribution in [3.63, 3.8) is 0 Å². The molecule has 3 rings (SSSR count). The largest absolute Gasteiger partial charge is 0.449 e. The van der Waals surface area contributed by atoms with Gasteiger partial charge in [0.1, 0.15) is 11.3 Å². The van der Waals surface area contributed by atoms with Crippen LogP contribution in [-0.4, -0.2) is 40.3 Å². The summed E-state index contributed by atoms with van der Waals surface area (Å²) in [4.78, 5) is 36.5. The van der Waals surface area contributed by atoms with Gasteiger partial charge < -0.3 is 10.1 Å².